The van der Waals surface area contributed by atoms with Gasteiger partial charge in [-0.2, -0.15) is 0 Å². The van der Waals surface area contributed by atoms with Crippen molar-refractivity contribution in [2.75, 3.05) is 18.4 Å². The molecule has 1 aliphatic rings. The fourth-order valence-corrected chi connectivity index (χ4v) is 1.80. The molecule has 7 heteroatoms. The summed E-state index contributed by atoms with van der Waals surface area (Å²) in [5, 5.41) is 13.4. The molecule has 0 saturated carbocycles. The van der Waals surface area contributed by atoms with Crippen LogP contribution in [0.1, 0.15) is 13.3 Å². The number of aromatic nitrogens is 3. The Hall–Kier alpha value is -1.08. The van der Waals surface area contributed by atoms with Crippen molar-refractivity contribution in [1.82, 2.24) is 20.1 Å². The molecule has 1 atom stereocenters. The number of nitrogens with zero attached hydrogens (tertiary/aromatic N) is 3. The fourth-order valence-electron chi connectivity index (χ4n) is 1.44. The molecule has 1 amide bonds. The highest BCUT2D eigenvalue weighted by atomic mass is 32.1. The van der Waals surface area contributed by atoms with Crippen molar-refractivity contribution in [1.29, 1.82) is 0 Å². The number of hydrogen-bond acceptors (Lipinski definition) is 6. The zero-order valence-electron chi connectivity index (χ0n) is 7.78. The Kier molecular flexibility index (Phi) is 2.42. The molecule has 6 nitrogen and oxygen atoms in total. The molecular formula is C7H11N5OS. The van der Waals surface area contributed by atoms with E-state index in [-0.39, 0.29) is 11.3 Å². The first kappa shape index (κ1) is 9.47. The number of rotatable bonds is 2. The van der Waals surface area contributed by atoms with Crippen LogP contribution in [0.15, 0.2) is 0 Å². The average molecular weight is 213 g/mol. The van der Waals surface area contributed by atoms with Crippen LogP contribution in [-0.2, 0) is 4.79 Å². The molecular weight excluding hydrogens is 202 g/mol. The molecule has 0 radical (unpaired) electrons. The quantitative estimate of drug-likeness (QED) is 0.715. The summed E-state index contributed by atoms with van der Waals surface area (Å²) in [5.74, 6) is -0.0129. The predicted octanol–water partition coefficient (Wildman–Crippen LogP) is -0.129. The smallest absolute Gasteiger partial charge is 0.233 e. The maximum Gasteiger partial charge on any atom is 0.233 e. The monoisotopic (exact) mass is 213 g/mol. The van der Waals surface area contributed by atoms with Crippen LogP contribution in [0, 0.1) is 5.41 Å². The van der Waals surface area contributed by atoms with E-state index in [1.165, 1.54) is 0 Å². The Morgan fingerprint density at radius 1 is 1.71 bits per heavy atom. The Morgan fingerprint density at radius 3 is 3.14 bits per heavy atom. The van der Waals surface area contributed by atoms with Crippen LogP contribution < -0.4 is 10.6 Å². The molecule has 76 valence electrons. The number of amides is 1. The van der Waals surface area contributed by atoms with Gasteiger partial charge in [0.25, 0.3) is 0 Å². The maximum atomic E-state index is 11.8. The fraction of sp³-hybridized carbons (Fsp3) is 0.714. The van der Waals surface area contributed by atoms with E-state index in [4.69, 9.17) is 0 Å². The number of anilines is 1. The highest BCUT2D eigenvalue weighted by molar-refractivity contribution is 7.09. The summed E-state index contributed by atoms with van der Waals surface area (Å²) in [4.78, 5) is 11.8. The van der Waals surface area contributed by atoms with Gasteiger partial charge in [-0.15, -0.1) is 0 Å². The van der Waals surface area contributed by atoms with Crippen molar-refractivity contribution in [2.24, 2.45) is 5.41 Å². The molecule has 1 saturated heterocycles. The second kappa shape index (κ2) is 3.58. The van der Waals surface area contributed by atoms with Crippen LogP contribution in [0.4, 0.5) is 5.13 Å². The predicted molar refractivity (Wildman–Crippen MR) is 51.9 cm³/mol. The third-order valence-corrected chi connectivity index (χ3v) is 2.95. The second-order valence-electron chi connectivity index (χ2n) is 3.61. The molecule has 2 heterocycles. The van der Waals surface area contributed by atoms with Gasteiger partial charge in [0.05, 0.1) is 5.41 Å². The van der Waals surface area contributed by atoms with Gasteiger partial charge in [-0.3, -0.25) is 10.1 Å². The first-order valence-corrected chi connectivity index (χ1v) is 5.15. The molecule has 2 rings (SSSR count). The molecule has 1 aromatic heterocycles. The van der Waals surface area contributed by atoms with Crippen LogP contribution in [0.5, 0.6) is 0 Å². The van der Waals surface area contributed by atoms with E-state index in [1.807, 2.05) is 6.92 Å². The standard InChI is InChI=1S/C7H11N5OS/c1-7(2-3-8-4-7)5(13)9-6-10-11-12-14-6/h8H,2-4H2,1H3,(H,9,10,12,13). The van der Waals surface area contributed by atoms with Crippen molar-refractivity contribution in [3.8, 4) is 0 Å². The van der Waals surface area contributed by atoms with Gasteiger partial charge in [0.15, 0.2) is 0 Å². The van der Waals surface area contributed by atoms with E-state index >= 15 is 0 Å². The highest BCUT2D eigenvalue weighted by Gasteiger charge is 2.36. The van der Waals surface area contributed by atoms with E-state index in [0.29, 0.717) is 11.7 Å². The lowest BCUT2D eigenvalue weighted by atomic mass is 9.89. The van der Waals surface area contributed by atoms with Gasteiger partial charge in [-0.1, -0.05) is 9.59 Å². The molecule has 0 aliphatic carbocycles. The summed E-state index contributed by atoms with van der Waals surface area (Å²) >= 11 is 1.08. The SMILES string of the molecule is CC1(C(=O)Nc2nnns2)CCNC1. The number of carbonyl (C=O) groups excluding carboxylic acids is 1. The zero-order chi connectivity index (χ0) is 10.0. The van der Waals surface area contributed by atoms with Gasteiger partial charge >= 0.3 is 0 Å². The van der Waals surface area contributed by atoms with Crippen molar-refractivity contribution >= 4 is 22.6 Å². The Bertz CT molecular complexity index is 319. The van der Waals surface area contributed by atoms with Gasteiger partial charge in [0, 0.05) is 18.1 Å². The van der Waals surface area contributed by atoms with Crippen LogP contribution in [0.3, 0.4) is 0 Å². The van der Waals surface area contributed by atoms with Gasteiger partial charge < -0.3 is 5.32 Å². The number of carbonyl (C=O) groups is 1. The summed E-state index contributed by atoms with van der Waals surface area (Å²) in [7, 11) is 0. The van der Waals surface area contributed by atoms with Crippen molar-refractivity contribution in [3.05, 3.63) is 0 Å². The second-order valence-corrected chi connectivity index (χ2v) is 4.34. The minimum Gasteiger partial charge on any atom is -0.316 e. The molecule has 1 fully saturated rings. The van der Waals surface area contributed by atoms with Gasteiger partial charge in [0.2, 0.25) is 11.0 Å². The molecule has 1 aliphatic heterocycles. The van der Waals surface area contributed by atoms with E-state index in [0.717, 1.165) is 24.5 Å². The largest absolute Gasteiger partial charge is 0.316 e. The van der Waals surface area contributed by atoms with Crippen molar-refractivity contribution in [3.63, 3.8) is 0 Å². The van der Waals surface area contributed by atoms with Gasteiger partial charge in [0.1, 0.15) is 0 Å². The highest BCUT2D eigenvalue weighted by Crippen LogP contribution is 2.26. The van der Waals surface area contributed by atoms with Crippen LogP contribution in [-0.4, -0.2) is 33.8 Å². The maximum absolute atomic E-state index is 11.8. The lowest BCUT2D eigenvalue weighted by molar-refractivity contribution is -0.123. The first-order valence-electron chi connectivity index (χ1n) is 4.38. The van der Waals surface area contributed by atoms with Crippen LogP contribution in [0.25, 0.3) is 0 Å². The van der Waals surface area contributed by atoms with E-state index in [9.17, 15) is 4.79 Å². The lowest BCUT2D eigenvalue weighted by Gasteiger charge is -2.19. The van der Waals surface area contributed by atoms with E-state index in [1.54, 1.807) is 0 Å². The molecule has 2 N–H and O–H groups in total. The van der Waals surface area contributed by atoms with Gasteiger partial charge in [-0.25, -0.2) is 0 Å². The molecule has 0 spiro atoms. The Morgan fingerprint density at radius 2 is 2.57 bits per heavy atom. The number of hydrogen-bond donors (Lipinski definition) is 2. The van der Waals surface area contributed by atoms with Gasteiger partial charge in [-0.05, 0) is 25.1 Å². The average Bonchev–Trinajstić information content (AvgIpc) is 2.76. The number of nitrogens with one attached hydrogen (secondary N) is 2. The minimum absolute atomic E-state index is 0.0129. The molecule has 1 unspecified atom stereocenters. The van der Waals surface area contributed by atoms with Crippen molar-refractivity contribution in [2.45, 2.75) is 13.3 Å². The van der Waals surface area contributed by atoms with E-state index < -0.39 is 0 Å². The summed E-state index contributed by atoms with van der Waals surface area (Å²) in [5.41, 5.74) is -0.328. The Labute approximate surface area is 85.3 Å². The molecule has 0 aromatic carbocycles. The topological polar surface area (TPSA) is 79.8 Å². The molecule has 1 aromatic rings. The summed E-state index contributed by atoms with van der Waals surface area (Å²) < 4.78 is 3.57. The zero-order valence-corrected chi connectivity index (χ0v) is 8.60. The normalized spacial score (nSPS) is 26.4. The first-order chi connectivity index (χ1) is 6.71. The third-order valence-electron chi connectivity index (χ3n) is 2.44. The molecule has 14 heavy (non-hydrogen) atoms. The summed E-state index contributed by atoms with van der Waals surface area (Å²) in [6.45, 7) is 3.54. The minimum atomic E-state index is -0.328. The lowest BCUT2D eigenvalue weighted by Crippen LogP contribution is -2.35. The Balaban J connectivity index is 2.02. The summed E-state index contributed by atoms with van der Waals surface area (Å²) in [6.07, 6.45) is 0.852. The third kappa shape index (κ3) is 1.73. The van der Waals surface area contributed by atoms with E-state index in [2.05, 4.69) is 25.4 Å². The van der Waals surface area contributed by atoms with Crippen LogP contribution in [0.2, 0.25) is 0 Å². The van der Waals surface area contributed by atoms with Crippen molar-refractivity contribution < 1.29 is 4.79 Å². The van der Waals surface area contributed by atoms with Crippen LogP contribution >= 0.6 is 11.5 Å². The molecule has 0 bridgehead atoms. The summed E-state index contributed by atoms with van der Waals surface area (Å²) in [6, 6.07) is 0.